The van der Waals surface area contributed by atoms with Crippen LogP contribution >= 0.6 is 11.6 Å². The van der Waals surface area contributed by atoms with E-state index in [1.807, 2.05) is 13.8 Å². The van der Waals surface area contributed by atoms with Gasteiger partial charge in [-0.3, -0.25) is 0 Å². The minimum absolute atomic E-state index is 0.0580. The zero-order valence-electron chi connectivity index (χ0n) is 11.8. The van der Waals surface area contributed by atoms with E-state index >= 15 is 0 Å². The van der Waals surface area contributed by atoms with Crippen LogP contribution in [0, 0.1) is 6.92 Å². The van der Waals surface area contributed by atoms with Gasteiger partial charge in [-0.25, -0.2) is 9.48 Å². The lowest BCUT2D eigenvalue weighted by Crippen LogP contribution is -2.08. The van der Waals surface area contributed by atoms with Crippen molar-refractivity contribution < 1.29 is 14.6 Å². The van der Waals surface area contributed by atoms with Gasteiger partial charge < -0.3 is 9.84 Å². The number of pyridine rings is 1. The van der Waals surface area contributed by atoms with Gasteiger partial charge in [0.05, 0.1) is 22.7 Å². The summed E-state index contributed by atoms with van der Waals surface area (Å²) in [6, 6.07) is 0.0580. The number of halogens is 1. The van der Waals surface area contributed by atoms with Crippen molar-refractivity contribution in [1.29, 1.82) is 0 Å². The van der Waals surface area contributed by atoms with Crippen LogP contribution in [0.1, 0.15) is 42.9 Å². The van der Waals surface area contributed by atoms with Crippen molar-refractivity contribution in [3.63, 3.8) is 0 Å². The number of rotatable bonds is 3. The summed E-state index contributed by atoms with van der Waals surface area (Å²) in [5, 5.41) is 15.0. The van der Waals surface area contributed by atoms with Gasteiger partial charge in [0.15, 0.2) is 5.65 Å². The molecule has 0 spiro atoms. The largest absolute Gasteiger partial charge is 0.493 e. The van der Waals surface area contributed by atoms with Gasteiger partial charge >= 0.3 is 5.97 Å². The summed E-state index contributed by atoms with van der Waals surface area (Å²) in [6.45, 7) is 7.53. The van der Waals surface area contributed by atoms with E-state index in [-0.39, 0.29) is 23.2 Å². The normalized spacial score (nSPS) is 11.3. The average molecular weight is 298 g/mol. The minimum Gasteiger partial charge on any atom is -0.493 e. The molecule has 0 aliphatic rings. The third-order valence-corrected chi connectivity index (χ3v) is 3.28. The molecule has 20 heavy (non-hydrogen) atoms. The standard InChI is InChI=1S/C13H16ClN3O3/c1-5-20-13(19)9-10(14)8-7(4)16-17(6(2)3)11(8)15-12(9)18/h6H,5H2,1-4H3,(H,15,18). The van der Waals surface area contributed by atoms with E-state index < -0.39 is 11.8 Å². The molecule has 0 amide bonds. The number of ether oxygens (including phenoxy) is 1. The van der Waals surface area contributed by atoms with Crippen molar-refractivity contribution in [3.05, 3.63) is 16.3 Å². The average Bonchev–Trinajstić information content (AvgIpc) is 2.67. The van der Waals surface area contributed by atoms with Gasteiger partial charge in [0.1, 0.15) is 5.56 Å². The first-order chi connectivity index (χ1) is 9.38. The number of esters is 1. The molecule has 0 aromatic carbocycles. The maximum Gasteiger partial charge on any atom is 0.345 e. The Hall–Kier alpha value is -1.82. The van der Waals surface area contributed by atoms with Crippen LogP contribution in [0.3, 0.4) is 0 Å². The smallest absolute Gasteiger partial charge is 0.345 e. The van der Waals surface area contributed by atoms with E-state index in [0.717, 1.165) is 0 Å². The van der Waals surface area contributed by atoms with Gasteiger partial charge in [-0.05, 0) is 27.7 Å². The maximum absolute atomic E-state index is 11.8. The van der Waals surface area contributed by atoms with Crippen LogP contribution in [0.25, 0.3) is 11.0 Å². The van der Waals surface area contributed by atoms with Gasteiger partial charge in [0.25, 0.3) is 0 Å². The number of aromatic hydroxyl groups is 1. The molecule has 0 unspecified atom stereocenters. The number of nitrogens with zero attached hydrogens (tertiary/aromatic N) is 3. The summed E-state index contributed by atoms with van der Waals surface area (Å²) >= 11 is 6.25. The fourth-order valence-corrected chi connectivity index (χ4v) is 2.41. The Morgan fingerprint density at radius 3 is 2.70 bits per heavy atom. The fourth-order valence-electron chi connectivity index (χ4n) is 2.02. The Balaban J connectivity index is 2.76. The molecule has 0 saturated carbocycles. The van der Waals surface area contributed by atoms with Gasteiger partial charge in [0, 0.05) is 6.04 Å². The number of fused-ring (bicyclic) bond motifs is 1. The van der Waals surface area contributed by atoms with E-state index in [9.17, 15) is 9.90 Å². The Labute approximate surface area is 121 Å². The molecular formula is C13H16ClN3O3. The molecule has 2 rings (SSSR count). The van der Waals surface area contributed by atoms with Crippen LogP contribution < -0.4 is 0 Å². The molecule has 108 valence electrons. The predicted molar refractivity (Wildman–Crippen MR) is 75.3 cm³/mol. The van der Waals surface area contributed by atoms with Crippen molar-refractivity contribution >= 4 is 28.6 Å². The van der Waals surface area contributed by atoms with Gasteiger partial charge in [-0.2, -0.15) is 10.1 Å². The Kier molecular flexibility index (Phi) is 3.85. The second-order valence-electron chi connectivity index (χ2n) is 4.67. The lowest BCUT2D eigenvalue weighted by Gasteiger charge is -2.09. The minimum atomic E-state index is -0.693. The van der Waals surface area contributed by atoms with Crippen molar-refractivity contribution in [2.75, 3.05) is 6.61 Å². The Bertz CT molecular complexity index is 679. The van der Waals surface area contributed by atoms with Gasteiger partial charge in [0.2, 0.25) is 5.88 Å². The SMILES string of the molecule is CCOC(=O)c1c(O)nc2c(c(C)nn2C(C)C)c1Cl. The van der Waals surface area contributed by atoms with Crippen LogP contribution in [-0.4, -0.2) is 32.4 Å². The van der Waals surface area contributed by atoms with Crippen molar-refractivity contribution in [1.82, 2.24) is 14.8 Å². The highest BCUT2D eigenvalue weighted by Gasteiger charge is 2.25. The predicted octanol–water partition coefficient (Wildman–Crippen LogP) is 2.86. The highest BCUT2D eigenvalue weighted by molar-refractivity contribution is 6.38. The third-order valence-electron chi connectivity index (χ3n) is 2.90. The Morgan fingerprint density at radius 1 is 1.50 bits per heavy atom. The fraction of sp³-hybridized carbons (Fsp3) is 0.462. The molecule has 2 heterocycles. The zero-order valence-corrected chi connectivity index (χ0v) is 12.5. The second kappa shape index (κ2) is 5.28. The summed E-state index contributed by atoms with van der Waals surface area (Å²) < 4.78 is 6.54. The summed E-state index contributed by atoms with van der Waals surface area (Å²) in [4.78, 5) is 15.9. The van der Waals surface area contributed by atoms with Crippen LogP contribution in [-0.2, 0) is 4.74 Å². The first-order valence-electron chi connectivity index (χ1n) is 6.32. The third kappa shape index (κ3) is 2.20. The molecule has 0 fully saturated rings. The van der Waals surface area contributed by atoms with E-state index in [1.165, 1.54) is 0 Å². The first kappa shape index (κ1) is 14.6. The molecule has 6 nitrogen and oxygen atoms in total. The second-order valence-corrected chi connectivity index (χ2v) is 5.05. The molecule has 0 aliphatic heterocycles. The highest BCUT2D eigenvalue weighted by atomic mass is 35.5. The number of hydrogen-bond donors (Lipinski definition) is 1. The molecule has 7 heteroatoms. The number of aryl methyl sites for hydroxylation is 1. The van der Waals surface area contributed by atoms with Crippen LogP contribution in [0.5, 0.6) is 5.88 Å². The maximum atomic E-state index is 11.8. The molecular weight excluding hydrogens is 282 g/mol. The number of carbonyl (C=O) groups excluding carboxylic acids is 1. The van der Waals surface area contributed by atoms with Gasteiger partial charge in [-0.15, -0.1) is 0 Å². The van der Waals surface area contributed by atoms with Crippen LogP contribution in [0.4, 0.5) is 0 Å². The molecule has 0 saturated heterocycles. The van der Waals surface area contributed by atoms with E-state index in [4.69, 9.17) is 16.3 Å². The van der Waals surface area contributed by atoms with Crippen LogP contribution in [0.2, 0.25) is 5.02 Å². The van der Waals surface area contributed by atoms with E-state index in [2.05, 4.69) is 10.1 Å². The number of carbonyl (C=O) groups is 1. The molecule has 2 aromatic heterocycles. The summed E-state index contributed by atoms with van der Waals surface area (Å²) in [6.07, 6.45) is 0. The van der Waals surface area contributed by atoms with Crippen molar-refractivity contribution in [3.8, 4) is 5.88 Å². The molecule has 2 aromatic rings. The van der Waals surface area contributed by atoms with Crippen molar-refractivity contribution in [2.24, 2.45) is 0 Å². The lowest BCUT2D eigenvalue weighted by molar-refractivity contribution is 0.0522. The van der Waals surface area contributed by atoms with E-state index in [1.54, 1.807) is 18.5 Å². The molecule has 0 bridgehead atoms. The highest BCUT2D eigenvalue weighted by Crippen LogP contribution is 2.34. The molecule has 1 N–H and O–H groups in total. The first-order valence-corrected chi connectivity index (χ1v) is 6.70. The topological polar surface area (TPSA) is 77.2 Å². The zero-order chi connectivity index (χ0) is 15.0. The van der Waals surface area contributed by atoms with Crippen LogP contribution in [0.15, 0.2) is 0 Å². The monoisotopic (exact) mass is 297 g/mol. The summed E-state index contributed by atoms with van der Waals surface area (Å²) in [7, 11) is 0. The lowest BCUT2D eigenvalue weighted by atomic mass is 10.2. The van der Waals surface area contributed by atoms with Crippen molar-refractivity contribution in [2.45, 2.75) is 33.7 Å². The van der Waals surface area contributed by atoms with E-state index in [0.29, 0.717) is 16.7 Å². The number of hydrogen-bond acceptors (Lipinski definition) is 5. The molecule has 0 aliphatic carbocycles. The molecule has 0 radical (unpaired) electrons. The summed E-state index contributed by atoms with van der Waals surface area (Å²) in [5.41, 5.74) is 0.984. The quantitative estimate of drug-likeness (QED) is 0.881. The molecule has 0 atom stereocenters. The summed E-state index contributed by atoms with van der Waals surface area (Å²) in [5.74, 6) is -1.14. The number of aromatic nitrogens is 3. The van der Waals surface area contributed by atoms with Gasteiger partial charge in [-0.1, -0.05) is 11.6 Å². The Morgan fingerprint density at radius 2 is 2.15 bits per heavy atom.